The smallest absolute Gasteiger partial charge is 0.237 e. The van der Waals surface area contributed by atoms with Gasteiger partial charge >= 0.3 is 0 Å². The van der Waals surface area contributed by atoms with E-state index >= 15 is 0 Å². The third-order valence-electron chi connectivity index (χ3n) is 3.89. The van der Waals surface area contributed by atoms with Gasteiger partial charge in [-0.2, -0.15) is 0 Å². The molecule has 3 heteroatoms. The minimum absolute atomic E-state index is 0.00815. The third kappa shape index (κ3) is 5.88. The van der Waals surface area contributed by atoms with Crippen molar-refractivity contribution < 1.29 is 4.79 Å². The van der Waals surface area contributed by atoms with Crippen molar-refractivity contribution in [2.24, 2.45) is 17.1 Å². The van der Waals surface area contributed by atoms with E-state index in [1.807, 2.05) is 25.1 Å². The van der Waals surface area contributed by atoms with Gasteiger partial charge in [-0.3, -0.25) is 4.79 Å². The fourth-order valence-corrected chi connectivity index (χ4v) is 2.33. The second kappa shape index (κ2) is 7.60. The molecule has 3 nitrogen and oxygen atoms in total. The first-order chi connectivity index (χ1) is 9.74. The number of rotatable bonds is 6. The van der Waals surface area contributed by atoms with E-state index in [0.717, 1.165) is 18.4 Å². The van der Waals surface area contributed by atoms with Crippen LogP contribution in [0.4, 0.5) is 0 Å². The summed E-state index contributed by atoms with van der Waals surface area (Å²) in [6.07, 6.45) is 1.79. The fraction of sp³-hybridized carbons (Fsp3) is 0.611. The van der Waals surface area contributed by atoms with E-state index in [0.29, 0.717) is 0 Å². The maximum Gasteiger partial charge on any atom is 0.237 e. The molecule has 0 spiro atoms. The van der Waals surface area contributed by atoms with Crippen LogP contribution in [-0.2, 0) is 4.79 Å². The van der Waals surface area contributed by atoms with Gasteiger partial charge in [0, 0.05) is 0 Å². The average Bonchev–Trinajstić information content (AvgIpc) is 2.44. The molecule has 0 fully saturated rings. The topological polar surface area (TPSA) is 55.1 Å². The number of nitrogens with one attached hydrogen (secondary N) is 1. The van der Waals surface area contributed by atoms with Crippen LogP contribution in [0.1, 0.15) is 59.1 Å². The molecule has 0 radical (unpaired) electrons. The standard InChI is InChI=1S/C18H30N2O/c1-6-13(2)16(19)17(21)20-15(12-18(3,4)5)14-10-8-7-9-11-14/h7-11,13,15-16H,6,12,19H2,1-5H3,(H,20,21)/t13-,15?,16-/m0/s1. The van der Waals surface area contributed by atoms with Gasteiger partial charge in [-0.15, -0.1) is 0 Å². The Morgan fingerprint density at radius 3 is 2.29 bits per heavy atom. The highest BCUT2D eigenvalue weighted by Crippen LogP contribution is 2.29. The summed E-state index contributed by atoms with van der Waals surface area (Å²) in [5.74, 6) is 0.138. The van der Waals surface area contributed by atoms with Crippen molar-refractivity contribution in [2.45, 2.75) is 59.5 Å². The number of carbonyl (C=O) groups excluding carboxylic acids is 1. The normalized spacial score (nSPS) is 16.1. The summed E-state index contributed by atoms with van der Waals surface area (Å²) < 4.78 is 0. The molecule has 1 amide bonds. The number of benzene rings is 1. The first kappa shape index (κ1) is 17.7. The lowest BCUT2D eigenvalue weighted by Crippen LogP contribution is -2.46. The van der Waals surface area contributed by atoms with Crippen LogP contribution >= 0.6 is 0 Å². The van der Waals surface area contributed by atoms with Crippen LogP contribution in [0.15, 0.2) is 30.3 Å². The van der Waals surface area contributed by atoms with Crippen LogP contribution < -0.4 is 11.1 Å². The molecular weight excluding hydrogens is 260 g/mol. The maximum atomic E-state index is 12.4. The van der Waals surface area contributed by atoms with E-state index in [9.17, 15) is 4.79 Å². The molecule has 0 aliphatic rings. The predicted molar refractivity (Wildman–Crippen MR) is 88.8 cm³/mol. The summed E-state index contributed by atoms with van der Waals surface area (Å²) in [6, 6.07) is 9.69. The van der Waals surface area contributed by atoms with Gasteiger partial charge in [-0.1, -0.05) is 71.4 Å². The zero-order valence-electron chi connectivity index (χ0n) is 14.0. The Bertz CT molecular complexity index is 436. The van der Waals surface area contributed by atoms with Gasteiger partial charge in [0.25, 0.3) is 0 Å². The summed E-state index contributed by atoms with van der Waals surface area (Å²) in [7, 11) is 0. The lowest BCUT2D eigenvalue weighted by Gasteiger charge is -2.29. The lowest BCUT2D eigenvalue weighted by molar-refractivity contribution is -0.124. The Morgan fingerprint density at radius 2 is 1.81 bits per heavy atom. The summed E-state index contributed by atoms with van der Waals surface area (Å²) >= 11 is 0. The van der Waals surface area contributed by atoms with Crippen molar-refractivity contribution in [3.05, 3.63) is 35.9 Å². The molecule has 1 aromatic carbocycles. The predicted octanol–water partition coefficient (Wildman–Crippen LogP) is 3.65. The van der Waals surface area contributed by atoms with E-state index in [-0.39, 0.29) is 23.3 Å². The van der Waals surface area contributed by atoms with Crippen molar-refractivity contribution >= 4 is 5.91 Å². The van der Waals surface area contributed by atoms with Gasteiger partial charge < -0.3 is 11.1 Å². The Hall–Kier alpha value is -1.35. The van der Waals surface area contributed by atoms with Crippen molar-refractivity contribution in [3.8, 4) is 0 Å². The van der Waals surface area contributed by atoms with Gasteiger partial charge in [0.2, 0.25) is 5.91 Å². The van der Waals surface area contributed by atoms with Crippen LogP contribution in [0.5, 0.6) is 0 Å². The number of nitrogens with two attached hydrogens (primary N) is 1. The van der Waals surface area contributed by atoms with Crippen molar-refractivity contribution in [3.63, 3.8) is 0 Å². The van der Waals surface area contributed by atoms with Crippen LogP contribution in [0, 0.1) is 11.3 Å². The van der Waals surface area contributed by atoms with Crippen molar-refractivity contribution in [1.29, 1.82) is 0 Å². The number of hydrogen-bond donors (Lipinski definition) is 2. The number of amides is 1. The highest BCUT2D eigenvalue weighted by molar-refractivity contribution is 5.82. The van der Waals surface area contributed by atoms with E-state index in [2.05, 4.69) is 45.1 Å². The van der Waals surface area contributed by atoms with E-state index in [4.69, 9.17) is 5.73 Å². The summed E-state index contributed by atoms with van der Waals surface area (Å²) in [5.41, 5.74) is 7.32. The minimum atomic E-state index is -0.443. The Morgan fingerprint density at radius 1 is 1.24 bits per heavy atom. The molecule has 0 aliphatic heterocycles. The molecule has 0 saturated carbocycles. The molecule has 118 valence electrons. The van der Waals surface area contributed by atoms with Gasteiger partial charge in [0.1, 0.15) is 0 Å². The van der Waals surface area contributed by atoms with Gasteiger partial charge in [0.05, 0.1) is 12.1 Å². The van der Waals surface area contributed by atoms with Crippen LogP contribution in [0.25, 0.3) is 0 Å². The lowest BCUT2D eigenvalue weighted by atomic mass is 9.85. The molecule has 1 aromatic rings. The SMILES string of the molecule is CC[C@H](C)[C@H](N)C(=O)NC(CC(C)(C)C)c1ccccc1. The van der Waals surface area contributed by atoms with E-state index in [1.165, 1.54) is 0 Å². The van der Waals surface area contributed by atoms with Crippen LogP contribution in [0.3, 0.4) is 0 Å². The third-order valence-corrected chi connectivity index (χ3v) is 3.89. The highest BCUT2D eigenvalue weighted by atomic mass is 16.2. The monoisotopic (exact) mass is 290 g/mol. The first-order valence-corrected chi connectivity index (χ1v) is 7.85. The summed E-state index contributed by atoms with van der Waals surface area (Å²) in [6.45, 7) is 10.6. The van der Waals surface area contributed by atoms with Crippen molar-refractivity contribution in [2.75, 3.05) is 0 Å². The Kier molecular flexibility index (Phi) is 6.41. The molecule has 0 saturated heterocycles. The average molecular weight is 290 g/mol. The van der Waals surface area contributed by atoms with E-state index in [1.54, 1.807) is 0 Å². The van der Waals surface area contributed by atoms with Gasteiger partial charge in [-0.05, 0) is 23.3 Å². The number of carbonyl (C=O) groups is 1. The minimum Gasteiger partial charge on any atom is -0.348 e. The second-order valence-electron chi connectivity index (χ2n) is 7.15. The van der Waals surface area contributed by atoms with Gasteiger partial charge in [-0.25, -0.2) is 0 Å². The molecule has 0 heterocycles. The summed E-state index contributed by atoms with van der Waals surface area (Å²) in [4.78, 5) is 12.4. The zero-order chi connectivity index (χ0) is 16.0. The largest absolute Gasteiger partial charge is 0.348 e. The Labute approximate surface area is 129 Å². The van der Waals surface area contributed by atoms with Crippen LogP contribution in [-0.4, -0.2) is 11.9 Å². The molecule has 21 heavy (non-hydrogen) atoms. The zero-order valence-corrected chi connectivity index (χ0v) is 14.0. The van der Waals surface area contributed by atoms with Gasteiger partial charge in [0.15, 0.2) is 0 Å². The highest BCUT2D eigenvalue weighted by Gasteiger charge is 2.25. The Balaban J connectivity index is 2.86. The molecule has 3 atom stereocenters. The molecule has 1 unspecified atom stereocenters. The molecule has 0 aliphatic carbocycles. The molecule has 0 bridgehead atoms. The van der Waals surface area contributed by atoms with Crippen LogP contribution in [0.2, 0.25) is 0 Å². The molecule has 3 N–H and O–H groups in total. The molecular formula is C18H30N2O. The maximum absolute atomic E-state index is 12.4. The first-order valence-electron chi connectivity index (χ1n) is 7.85. The quantitative estimate of drug-likeness (QED) is 0.840. The van der Waals surface area contributed by atoms with Crippen molar-refractivity contribution in [1.82, 2.24) is 5.32 Å². The number of hydrogen-bond acceptors (Lipinski definition) is 2. The summed E-state index contributed by atoms with van der Waals surface area (Å²) in [5, 5.41) is 3.14. The fourth-order valence-electron chi connectivity index (χ4n) is 2.33. The van der Waals surface area contributed by atoms with E-state index < -0.39 is 6.04 Å². The molecule has 0 aromatic heterocycles. The molecule has 1 rings (SSSR count). The second-order valence-corrected chi connectivity index (χ2v) is 7.15.